The van der Waals surface area contributed by atoms with Crippen molar-refractivity contribution in [2.75, 3.05) is 0 Å². The molecule has 2 aromatic heterocycles. The van der Waals surface area contributed by atoms with Crippen LogP contribution in [0.5, 0.6) is 0 Å². The maximum Gasteiger partial charge on any atom is 0.263 e. The molecule has 2 aromatic carbocycles. The Labute approximate surface area is 172 Å². The Kier molecular flexibility index (Phi) is 4.53. The predicted octanol–water partition coefficient (Wildman–Crippen LogP) is 5.71. The number of benzene rings is 2. The van der Waals surface area contributed by atoms with Crippen LogP contribution in [0.3, 0.4) is 0 Å². The fraction of sp³-hybridized carbons (Fsp3) is 0.217. The molecular weight excluding hydrogens is 388 g/mol. The highest BCUT2D eigenvalue weighted by Crippen LogP contribution is 2.33. The monoisotopic (exact) mass is 406 g/mol. The highest BCUT2D eigenvalue weighted by Gasteiger charge is 2.16. The topological polar surface area (TPSA) is 34.9 Å². The van der Waals surface area contributed by atoms with Crippen LogP contribution in [-0.4, -0.2) is 9.55 Å². The van der Waals surface area contributed by atoms with Gasteiger partial charge in [-0.05, 0) is 54.0 Å². The fourth-order valence-electron chi connectivity index (χ4n) is 4.00. The lowest BCUT2D eigenvalue weighted by Crippen LogP contribution is -2.21. The average Bonchev–Trinajstić information content (AvgIpc) is 3.16. The first-order valence-electron chi connectivity index (χ1n) is 9.53. The molecule has 0 N–H and O–H groups in total. The van der Waals surface area contributed by atoms with Crippen molar-refractivity contribution < 1.29 is 0 Å². The van der Waals surface area contributed by atoms with Crippen LogP contribution < -0.4 is 5.56 Å². The van der Waals surface area contributed by atoms with Crippen LogP contribution in [-0.2, 0) is 19.4 Å². The largest absolute Gasteiger partial charge is 0.294 e. The van der Waals surface area contributed by atoms with Gasteiger partial charge in [0.1, 0.15) is 4.83 Å². The van der Waals surface area contributed by atoms with Gasteiger partial charge in [0.05, 0.1) is 18.3 Å². The van der Waals surface area contributed by atoms with Crippen molar-refractivity contribution >= 4 is 33.2 Å². The molecule has 5 rings (SSSR count). The quantitative estimate of drug-likeness (QED) is 0.437. The second-order valence-corrected chi connectivity index (χ2v) is 8.55. The average molecular weight is 407 g/mol. The molecule has 0 saturated carbocycles. The van der Waals surface area contributed by atoms with Crippen molar-refractivity contribution in [3.8, 4) is 11.1 Å². The zero-order valence-corrected chi connectivity index (χ0v) is 16.9. The highest BCUT2D eigenvalue weighted by molar-refractivity contribution is 7.17. The Bertz CT molecular complexity index is 1240. The number of rotatable bonds is 3. The summed E-state index contributed by atoms with van der Waals surface area (Å²) in [5.41, 5.74) is 5.87. The number of aryl methyl sites for hydroxylation is 2. The van der Waals surface area contributed by atoms with E-state index < -0.39 is 0 Å². The van der Waals surface area contributed by atoms with Gasteiger partial charge in [-0.2, -0.15) is 0 Å². The number of halogens is 1. The van der Waals surface area contributed by atoms with Crippen LogP contribution in [0.2, 0.25) is 5.02 Å². The minimum atomic E-state index is -0.0149. The SMILES string of the molecule is O=c1c2c(-c3ccc4c(c3)CCCC4)csc2ncn1Cc1ccccc1Cl. The normalized spacial score (nSPS) is 13.6. The van der Waals surface area contributed by atoms with Crippen LogP contribution in [0.4, 0.5) is 0 Å². The van der Waals surface area contributed by atoms with Crippen molar-refractivity contribution in [1.82, 2.24) is 9.55 Å². The molecule has 0 spiro atoms. The molecule has 0 radical (unpaired) electrons. The van der Waals surface area contributed by atoms with Crippen molar-refractivity contribution in [1.29, 1.82) is 0 Å². The summed E-state index contributed by atoms with van der Waals surface area (Å²) in [6.07, 6.45) is 6.42. The summed E-state index contributed by atoms with van der Waals surface area (Å²) >= 11 is 7.81. The number of hydrogen-bond acceptors (Lipinski definition) is 3. The lowest BCUT2D eigenvalue weighted by atomic mass is 9.89. The van der Waals surface area contributed by atoms with E-state index in [0.717, 1.165) is 34.4 Å². The van der Waals surface area contributed by atoms with Gasteiger partial charge < -0.3 is 0 Å². The number of fused-ring (bicyclic) bond motifs is 2. The van der Waals surface area contributed by atoms with E-state index in [0.29, 0.717) is 17.0 Å². The number of thiophene rings is 1. The summed E-state index contributed by atoms with van der Waals surface area (Å²) in [7, 11) is 0. The summed E-state index contributed by atoms with van der Waals surface area (Å²) in [6, 6.07) is 14.3. The molecule has 0 atom stereocenters. The molecular formula is C23H19ClN2OS. The van der Waals surface area contributed by atoms with Gasteiger partial charge in [0.15, 0.2) is 0 Å². The van der Waals surface area contributed by atoms with Gasteiger partial charge in [-0.25, -0.2) is 4.98 Å². The Balaban J connectivity index is 1.61. The van der Waals surface area contributed by atoms with Crippen molar-refractivity contribution in [3.05, 3.63) is 86.2 Å². The van der Waals surface area contributed by atoms with E-state index in [1.54, 1.807) is 10.9 Å². The van der Waals surface area contributed by atoms with Gasteiger partial charge in [0.25, 0.3) is 5.56 Å². The lowest BCUT2D eigenvalue weighted by molar-refractivity contribution is 0.686. The first-order valence-corrected chi connectivity index (χ1v) is 10.8. The number of aromatic nitrogens is 2. The molecule has 0 amide bonds. The number of nitrogens with zero attached hydrogens (tertiary/aromatic N) is 2. The van der Waals surface area contributed by atoms with Gasteiger partial charge >= 0.3 is 0 Å². The van der Waals surface area contributed by atoms with Crippen LogP contribution in [0, 0.1) is 0 Å². The van der Waals surface area contributed by atoms with Crippen molar-refractivity contribution in [2.45, 2.75) is 32.2 Å². The maximum absolute atomic E-state index is 13.3. The highest BCUT2D eigenvalue weighted by atomic mass is 35.5. The van der Waals surface area contributed by atoms with E-state index >= 15 is 0 Å². The molecule has 28 heavy (non-hydrogen) atoms. The zero-order chi connectivity index (χ0) is 19.1. The van der Waals surface area contributed by atoms with Crippen LogP contribution in [0.25, 0.3) is 21.3 Å². The molecule has 2 heterocycles. The van der Waals surface area contributed by atoms with Crippen molar-refractivity contribution in [3.63, 3.8) is 0 Å². The number of hydrogen-bond donors (Lipinski definition) is 0. The first-order chi connectivity index (χ1) is 13.7. The summed E-state index contributed by atoms with van der Waals surface area (Å²) in [6.45, 7) is 0.418. The van der Waals surface area contributed by atoms with Gasteiger partial charge in [-0.3, -0.25) is 9.36 Å². The molecule has 3 nitrogen and oxygen atoms in total. The van der Waals surface area contributed by atoms with E-state index in [-0.39, 0.29) is 5.56 Å². The third-order valence-electron chi connectivity index (χ3n) is 5.52. The fourth-order valence-corrected chi connectivity index (χ4v) is 5.11. The van der Waals surface area contributed by atoms with E-state index in [9.17, 15) is 4.79 Å². The molecule has 0 aliphatic heterocycles. The molecule has 5 heteroatoms. The predicted molar refractivity (Wildman–Crippen MR) is 117 cm³/mol. The Morgan fingerprint density at radius 2 is 1.89 bits per heavy atom. The smallest absolute Gasteiger partial charge is 0.263 e. The Morgan fingerprint density at radius 1 is 1.07 bits per heavy atom. The second kappa shape index (κ2) is 7.19. The third-order valence-corrected chi connectivity index (χ3v) is 6.77. The molecule has 0 fully saturated rings. The molecule has 1 aliphatic rings. The second-order valence-electron chi connectivity index (χ2n) is 7.29. The lowest BCUT2D eigenvalue weighted by Gasteiger charge is -2.16. The van der Waals surface area contributed by atoms with Gasteiger partial charge in [-0.1, -0.05) is 48.0 Å². The molecule has 1 aliphatic carbocycles. The zero-order valence-electron chi connectivity index (χ0n) is 15.3. The maximum atomic E-state index is 13.3. The van der Waals surface area contributed by atoms with Crippen LogP contribution in [0.1, 0.15) is 29.5 Å². The van der Waals surface area contributed by atoms with Gasteiger partial charge in [-0.15, -0.1) is 11.3 Å². The van der Waals surface area contributed by atoms with E-state index in [2.05, 4.69) is 28.6 Å². The third kappa shape index (κ3) is 3.07. The van der Waals surface area contributed by atoms with E-state index in [1.807, 2.05) is 24.3 Å². The molecule has 0 bridgehead atoms. The molecule has 0 saturated heterocycles. The molecule has 0 unspecified atom stereocenters. The van der Waals surface area contributed by atoms with E-state index in [4.69, 9.17) is 11.6 Å². The van der Waals surface area contributed by atoms with Crippen molar-refractivity contribution in [2.24, 2.45) is 0 Å². The molecule has 140 valence electrons. The standard InChI is InChI=1S/C23H19ClN2OS/c24-20-8-4-3-7-18(20)12-26-14-25-22-21(23(26)27)19(13-28-22)17-10-9-15-5-1-2-6-16(15)11-17/h3-4,7-11,13-14H,1-2,5-6,12H2. The van der Waals surface area contributed by atoms with Gasteiger partial charge in [0, 0.05) is 16.0 Å². The summed E-state index contributed by atoms with van der Waals surface area (Å²) in [5, 5.41) is 3.42. The summed E-state index contributed by atoms with van der Waals surface area (Å²) in [5.74, 6) is 0. The summed E-state index contributed by atoms with van der Waals surface area (Å²) in [4.78, 5) is 18.6. The van der Waals surface area contributed by atoms with Gasteiger partial charge in [0.2, 0.25) is 0 Å². The van der Waals surface area contributed by atoms with Crippen LogP contribution >= 0.6 is 22.9 Å². The Morgan fingerprint density at radius 3 is 2.75 bits per heavy atom. The first kappa shape index (κ1) is 17.7. The minimum Gasteiger partial charge on any atom is -0.294 e. The minimum absolute atomic E-state index is 0.0149. The van der Waals surface area contributed by atoms with E-state index in [1.165, 1.54) is 35.3 Å². The van der Waals surface area contributed by atoms with Crippen LogP contribution in [0.15, 0.2) is 59.0 Å². The summed E-state index contributed by atoms with van der Waals surface area (Å²) < 4.78 is 1.65. The Hall–Kier alpha value is -2.43. The molecule has 4 aromatic rings.